The van der Waals surface area contributed by atoms with Crippen molar-refractivity contribution in [3.05, 3.63) is 0 Å². The lowest BCUT2D eigenvalue weighted by Gasteiger charge is -2.29. The van der Waals surface area contributed by atoms with Gasteiger partial charge >= 0.3 is 12.2 Å². The van der Waals surface area contributed by atoms with Gasteiger partial charge in [-0.2, -0.15) is 0 Å². The van der Waals surface area contributed by atoms with Crippen LogP contribution in [0.3, 0.4) is 0 Å². The fourth-order valence-corrected chi connectivity index (χ4v) is 2.05. The summed E-state index contributed by atoms with van der Waals surface area (Å²) in [6.45, 7) is 3.83. The van der Waals surface area contributed by atoms with Gasteiger partial charge in [-0.1, -0.05) is 0 Å². The average Bonchev–Trinajstić information content (AvgIpc) is 2.34. The maximum Gasteiger partial charge on any atom is 0.409 e. The summed E-state index contributed by atoms with van der Waals surface area (Å²) in [4.78, 5) is 26.1. The van der Waals surface area contributed by atoms with Gasteiger partial charge in [-0.15, -0.1) is 0 Å². The van der Waals surface area contributed by atoms with E-state index in [4.69, 9.17) is 9.47 Å². The Labute approximate surface area is 100 Å². The highest BCUT2D eigenvalue weighted by molar-refractivity contribution is 5.68. The van der Waals surface area contributed by atoms with E-state index in [2.05, 4.69) is 0 Å². The topological polar surface area (TPSA) is 59.1 Å². The number of amides is 2. The Morgan fingerprint density at radius 3 is 1.76 bits per heavy atom. The Hall–Kier alpha value is -1.46. The summed E-state index contributed by atoms with van der Waals surface area (Å²) in [5.41, 5.74) is 0. The third kappa shape index (κ3) is 3.25. The third-order valence-electron chi connectivity index (χ3n) is 2.97. The molecule has 2 heterocycles. The number of ether oxygens (including phenoxy) is 2. The number of hydrogen-bond acceptors (Lipinski definition) is 4. The summed E-state index contributed by atoms with van der Waals surface area (Å²) in [7, 11) is 0. The molecule has 0 aromatic heterocycles. The van der Waals surface area contributed by atoms with Crippen molar-refractivity contribution in [2.75, 3.05) is 39.4 Å². The van der Waals surface area contributed by atoms with Crippen molar-refractivity contribution in [2.45, 2.75) is 19.3 Å². The molecule has 2 fully saturated rings. The van der Waals surface area contributed by atoms with Gasteiger partial charge in [0.1, 0.15) is 0 Å². The van der Waals surface area contributed by atoms with E-state index in [9.17, 15) is 9.59 Å². The number of carbonyl (C=O) groups excluding carboxylic acids is 2. The normalized spacial score (nSPS) is 21.2. The lowest BCUT2D eigenvalue weighted by Crippen LogP contribution is -2.42. The highest BCUT2D eigenvalue weighted by Crippen LogP contribution is 2.08. The van der Waals surface area contributed by atoms with Gasteiger partial charge in [0.25, 0.3) is 0 Å². The Bertz CT molecular complexity index is 267. The van der Waals surface area contributed by atoms with Crippen molar-refractivity contribution >= 4 is 12.2 Å². The Balaban J connectivity index is 1.67. The minimum atomic E-state index is -0.238. The number of carbonyl (C=O) groups is 2. The first-order chi connectivity index (χ1) is 8.27. The van der Waals surface area contributed by atoms with E-state index in [1.807, 2.05) is 0 Å². The molecule has 0 unspecified atom stereocenters. The van der Waals surface area contributed by atoms with E-state index in [1.165, 1.54) is 0 Å². The van der Waals surface area contributed by atoms with Crippen LogP contribution in [0.1, 0.15) is 19.3 Å². The van der Waals surface area contributed by atoms with Crippen molar-refractivity contribution in [1.82, 2.24) is 9.80 Å². The number of nitrogens with zero attached hydrogens (tertiary/aromatic N) is 2. The van der Waals surface area contributed by atoms with Crippen molar-refractivity contribution < 1.29 is 19.1 Å². The predicted molar refractivity (Wildman–Crippen MR) is 59.7 cm³/mol. The Morgan fingerprint density at radius 2 is 1.35 bits per heavy atom. The highest BCUT2D eigenvalue weighted by Gasteiger charge is 2.21. The lowest BCUT2D eigenvalue weighted by molar-refractivity contribution is 0.0628. The zero-order valence-corrected chi connectivity index (χ0v) is 9.89. The second-order valence-corrected chi connectivity index (χ2v) is 4.26. The molecule has 0 aromatic rings. The van der Waals surface area contributed by atoms with Crippen LogP contribution < -0.4 is 0 Å². The van der Waals surface area contributed by atoms with Gasteiger partial charge in [-0.3, -0.25) is 0 Å². The van der Waals surface area contributed by atoms with Gasteiger partial charge in [0.15, 0.2) is 0 Å². The first-order valence-electron chi connectivity index (χ1n) is 6.11. The standard InChI is InChI=1S/C11H18N2O4/c14-10-12(6-2-8-16-10)4-1-5-13-7-3-9-17-11(13)15/h1-9H2. The molecule has 0 aromatic carbocycles. The molecule has 0 N–H and O–H groups in total. The van der Waals surface area contributed by atoms with Crippen LogP contribution in [-0.4, -0.2) is 61.4 Å². The fourth-order valence-electron chi connectivity index (χ4n) is 2.05. The summed E-state index contributed by atoms with van der Waals surface area (Å²) in [6.07, 6.45) is 2.06. The van der Waals surface area contributed by atoms with Crippen LogP contribution in [0.25, 0.3) is 0 Å². The maximum atomic E-state index is 11.3. The van der Waals surface area contributed by atoms with Crippen molar-refractivity contribution in [3.63, 3.8) is 0 Å². The zero-order chi connectivity index (χ0) is 12.1. The van der Waals surface area contributed by atoms with Crippen LogP contribution in [0.2, 0.25) is 0 Å². The van der Waals surface area contributed by atoms with Gasteiger partial charge in [0.2, 0.25) is 0 Å². The highest BCUT2D eigenvalue weighted by atomic mass is 16.6. The largest absolute Gasteiger partial charge is 0.449 e. The lowest BCUT2D eigenvalue weighted by atomic mass is 10.3. The summed E-state index contributed by atoms with van der Waals surface area (Å²) >= 11 is 0. The van der Waals surface area contributed by atoms with E-state index in [0.29, 0.717) is 26.3 Å². The van der Waals surface area contributed by atoms with Crippen LogP contribution >= 0.6 is 0 Å². The first-order valence-corrected chi connectivity index (χ1v) is 6.11. The molecular weight excluding hydrogens is 224 g/mol. The molecule has 96 valence electrons. The predicted octanol–water partition coefficient (Wildman–Crippen LogP) is 1.06. The zero-order valence-electron chi connectivity index (χ0n) is 9.89. The Kier molecular flexibility index (Phi) is 4.06. The molecule has 2 aliphatic rings. The number of cyclic esters (lactones) is 2. The molecule has 0 bridgehead atoms. The first kappa shape index (κ1) is 12.0. The van der Waals surface area contributed by atoms with E-state index in [1.54, 1.807) is 9.80 Å². The minimum Gasteiger partial charge on any atom is -0.449 e. The van der Waals surface area contributed by atoms with Gasteiger partial charge in [0.05, 0.1) is 13.2 Å². The average molecular weight is 242 g/mol. The Morgan fingerprint density at radius 1 is 0.882 bits per heavy atom. The fraction of sp³-hybridized carbons (Fsp3) is 0.818. The minimum absolute atomic E-state index is 0.238. The quantitative estimate of drug-likeness (QED) is 0.739. The van der Waals surface area contributed by atoms with Gasteiger partial charge in [-0.25, -0.2) is 9.59 Å². The van der Waals surface area contributed by atoms with Crippen LogP contribution in [0, 0.1) is 0 Å². The molecule has 6 heteroatoms. The van der Waals surface area contributed by atoms with Crippen LogP contribution in [0.5, 0.6) is 0 Å². The monoisotopic (exact) mass is 242 g/mol. The van der Waals surface area contributed by atoms with Gasteiger partial charge in [0, 0.05) is 26.2 Å². The molecule has 0 spiro atoms. The summed E-state index contributed by atoms with van der Waals surface area (Å²) < 4.78 is 9.87. The SMILES string of the molecule is O=C1OCCCN1CCCN1CCCOC1=O. The van der Waals surface area contributed by atoms with Crippen molar-refractivity contribution in [3.8, 4) is 0 Å². The molecule has 2 aliphatic heterocycles. The summed E-state index contributed by atoms with van der Waals surface area (Å²) in [5, 5.41) is 0. The molecule has 0 saturated carbocycles. The molecule has 2 rings (SSSR count). The molecule has 2 amide bonds. The maximum absolute atomic E-state index is 11.3. The summed E-state index contributed by atoms with van der Waals surface area (Å²) in [6, 6.07) is 0. The van der Waals surface area contributed by atoms with Crippen LogP contribution in [0.15, 0.2) is 0 Å². The molecule has 0 radical (unpaired) electrons. The number of rotatable bonds is 4. The molecule has 6 nitrogen and oxygen atoms in total. The molecule has 17 heavy (non-hydrogen) atoms. The van der Waals surface area contributed by atoms with E-state index >= 15 is 0 Å². The van der Waals surface area contributed by atoms with Crippen molar-refractivity contribution in [1.29, 1.82) is 0 Å². The summed E-state index contributed by atoms with van der Waals surface area (Å²) in [5.74, 6) is 0. The van der Waals surface area contributed by atoms with Crippen LogP contribution in [0.4, 0.5) is 9.59 Å². The second kappa shape index (κ2) is 5.75. The second-order valence-electron chi connectivity index (χ2n) is 4.26. The number of hydrogen-bond donors (Lipinski definition) is 0. The van der Waals surface area contributed by atoms with E-state index in [0.717, 1.165) is 32.4 Å². The molecule has 0 aliphatic carbocycles. The van der Waals surface area contributed by atoms with Gasteiger partial charge < -0.3 is 19.3 Å². The third-order valence-corrected chi connectivity index (χ3v) is 2.97. The molecule has 0 atom stereocenters. The van der Waals surface area contributed by atoms with Crippen molar-refractivity contribution in [2.24, 2.45) is 0 Å². The molecule has 2 saturated heterocycles. The van der Waals surface area contributed by atoms with E-state index < -0.39 is 0 Å². The van der Waals surface area contributed by atoms with Gasteiger partial charge in [-0.05, 0) is 19.3 Å². The van der Waals surface area contributed by atoms with E-state index in [-0.39, 0.29) is 12.2 Å². The molecular formula is C11H18N2O4. The smallest absolute Gasteiger partial charge is 0.409 e. The van der Waals surface area contributed by atoms with Crippen LogP contribution in [-0.2, 0) is 9.47 Å².